The van der Waals surface area contributed by atoms with Crippen LogP contribution in [0.25, 0.3) is 0 Å². The van der Waals surface area contributed by atoms with Gasteiger partial charge in [0.15, 0.2) is 6.29 Å². The Kier molecular flexibility index (Phi) is 6.58. The van der Waals surface area contributed by atoms with Gasteiger partial charge in [0.2, 0.25) is 5.52 Å². The van der Waals surface area contributed by atoms with Crippen molar-refractivity contribution in [3.05, 3.63) is 34.4 Å². The predicted octanol–water partition coefficient (Wildman–Crippen LogP) is 4.80. The van der Waals surface area contributed by atoms with Crippen molar-refractivity contribution in [2.75, 3.05) is 6.61 Å². The fourth-order valence-electron chi connectivity index (χ4n) is 3.33. The molecule has 0 N–H and O–H groups in total. The molecule has 1 aliphatic carbocycles. The molecule has 1 aromatic carbocycles. The first-order valence-electron chi connectivity index (χ1n) is 8.33. The van der Waals surface area contributed by atoms with Crippen LogP contribution in [0.3, 0.4) is 0 Å². The standard InChI is InChI=1S/C18H27O4P/c1-12-9-13(2)17(14(3)10-12)18(19)23(20)22-15(4)21-11-16-7-5-6-8-16/h9-10,15-16,23H,5-8,11H2,1-4H3. The number of aryl methyl sites for hydroxylation is 3. The van der Waals surface area contributed by atoms with Crippen molar-refractivity contribution >= 4 is 13.6 Å². The van der Waals surface area contributed by atoms with Gasteiger partial charge >= 0.3 is 0 Å². The molecule has 0 saturated heterocycles. The molecule has 0 radical (unpaired) electrons. The number of hydrogen-bond acceptors (Lipinski definition) is 4. The molecule has 23 heavy (non-hydrogen) atoms. The van der Waals surface area contributed by atoms with E-state index in [1.165, 1.54) is 25.7 Å². The Balaban J connectivity index is 1.93. The number of carbonyl (C=O) groups excluding carboxylic acids is 1. The van der Waals surface area contributed by atoms with Crippen LogP contribution < -0.4 is 0 Å². The van der Waals surface area contributed by atoms with Gasteiger partial charge < -0.3 is 4.74 Å². The van der Waals surface area contributed by atoms with Crippen LogP contribution in [0.5, 0.6) is 0 Å². The molecule has 5 heteroatoms. The van der Waals surface area contributed by atoms with Gasteiger partial charge in [0.25, 0.3) is 8.03 Å². The van der Waals surface area contributed by atoms with E-state index in [0.29, 0.717) is 18.1 Å². The van der Waals surface area contributed by atoms with E-state index in [2.05, 4.69) is 0 Å². The van der Waals surface area contributed by atoms with Crippen LogP contribution in [-0.2, 0) is 13.8 Å². The highest BCUT2D eigenvalue weighted by Crippen LogP contribution is 2.34. The van der Waals surface area contributed by atoms with E-state index in [4.69, 9.17) is 9.26 Å². The Hall–Kier alpha value is -0.960. The molecule has 4 nitrogen and oxygen atoms in total. The summed E-state index contributed by atoms with van der Waals surface area (Å²) < 4.78 is 23.2. The molecule has 2 rings (SSSR count). The summed E-state index contributed by atoms with van der Waals surface area (Å²) in [5.41, 5.74) is 2.87. The van der Waals surface area contributed by atoms with Gasteiger partial charge in [-0.1, -0.05) is 30.5 Å². The largest absolute Gasteiger partial charge is 0.352 e. The SMILES string of the molecule is Cc1cc(C)c(C(=O)[PH](=O)OC(C)OCC2CCCC2)c(C)c1. The molecule has 1 saturated carbocycles. The third kappa shape index (κ3) is 5.00. The van der Waals surface area contributed by atoms with Crippen LogP contribution in [0, 0.1) is 26.7 Å². The van der Waals surface area contributed by atoms with Crippen LogP contribution in [0.2, 0.25) is 0 Å². The summed E-state index contributed by atoms with van der Waals surface area (Å²) in [5, 5.41) is 0. The highest BCUT2D eigenvalue weighted by Gasteiger charge is 2.23. The van der Waals surface area contributed by atoms with Gasteiger partial charge in [-0.05, 0) is 57.6 Å². The third-order valence-electron chi connectivity index (χ3n) is 4.40. The van der Waals surface area contributed by atoms with Gasteiger partial charge in [-0.25, -0.2) is 0 Å². The van der Waals surface area contributed by atoms with E-state index in [1.54, 1.807) is 6.92 Å². The number of rotatable bonds is 7. The van der Waals surface area contributed by atoms with Gasteiger partial charge in [-0.3, -0.25) is 13.9 Å². The highest BCUT2D eigenvalue weighted by atomic mass is 31.1. The van der Waals surface area contributed by atoms with Crippen molar-refractivity contribution in [3.8, 4) is 0 Å². The minimum absolute atomic E-state index is 0.415. The smallest absolute Gasteiger partial charge is 0.262 e. The summed E-state index contributed by atoms with van der Waals surface area (Å²) in [7, 11) is -2.83. The van der Waals surface area contributed by atoms with Gasteiger partial charge in [0.1, 0.15) is 0 Å². The van der Waals surface area contributed by atoms with Crippen molar-refractivity contribution in [2.45, 2.75) is 59.7 Å². The Morgan fingerprint density at radius 3 is 2.35 bits per heavy atom. The van der Waals surface area contributed by atoms with Crippen LogP contribution in [0.4, 0.5) is 0 Å². The Morgan fingerprint density at radius 2 is 1.78 bits per heavy atom. The minimum Gasteiger partial charge on any atom is -0.352 e. The lowest BCUT2D eigenvalue weighted by atomic mass is 10.0. The molecule has 128 valence electrons. The molecule has 0 bridgehead atoms. The van der Waals surface area contributed by atoms with E-state index >= 15 is 0 Å². The van der Waals surface area contributed by atoms with E-state index in [9.17, 15) is 9.36 Å². The van der Waals surface area contributed by atoms with E-state index < -0.39 is 19.8 Å². The van der Waals surface area contributed by atoms with Gasteiger partial charge in [0, 0.05) is 5.56 Å². The molecule has 2 unspecified atom stereocenters. The summed E-state index contributed by atoms with van der Waals surface area (Å²) in [6.45, 7) is 8.03. The fourth-order valence-corrected chi connectivity index (χ4v) is 4.40. The second-order valence-electron chi connectivity index (χ2n) is 6.56. The van der Waals surface area contributed by atoms with Crippen molar-refractivity contribution in [3.63, 3.8) is 0 Å². The lowest BCUT2D eigenvalue weighted by Gasteiger charge is -2.17. The van der Waals surface area contributed by atoms with Gasteiger partial charge in [-0.15, -0.1) is 0 Å². The van der Waals surface area contributed by atoms with E-state index in [1.807, 2.05) is 32.9 Å². The molecule has 0 spiro atoms. The van der Waals surface area contributed by atoms with Gasteiger partial charge in [-0.2, -0.15) is 0 Å². The lowest BCUT2D eigenvalue weighted by molar-refractivity contribution is -0.0736. The van der Waals surface area contributed by atoms with Crippen LogP contribution in [-0.4, -0.2) is 18.4 Å². The molecular formula is C18H27O4P. The molecule has 2 atom stereocenters. The Morgan fingerprint density at radius 1 is 1.22 bits per heavy atom. The molecule has 1 aliphatic rings. The maximum absolute atomic E-state index is 12.4. The normalized spacial score (nSPS) is 18.1. The number of ether oxygens (including phenoxy) is 1. The number of carbonyl (C=O) groups is 1. The summed E-state index contributed by atoms with van der Waals surface area (Å²) in [5.74, 6) is 0.570. The topological polar surface area (TPSA) is 52.6 Å². The molecular weight excluding hydrogens is 311 g/mol. The summed E-state index contributed by atoms with van der Waals surface area (Å²) >= 11 is 0. The summed E-state index contributed by atoms with van der Waals surface area (Å²) in [6, 6.07) is 3.85. The maximum atomic E-state index is 12.4. The van der Waals surface area contributed by atoms with Crippen molar-refractivity contribution in [1.82, 2.24) is 0 Å². The van der Waals surface area contributed by atoms with Crippen LogP contribution in [0.15, 0.2) is 12.1 Å². The molecule has 0 aromatic heterocycles. The van der Waals surface area contributed by atoms with Gasteiger partial charge in [0.05, 0.1) is 6.61 Å². The zero-order chi connectivity index (χ0) is 17.0. The fraction of sp³-hybridized carbons (Fsp3) is 0.611. The third-order valence-corrected chi connectivity index (χ3v) is 5.57. The molecule has 0 amide bonds. The second-order valence-corrected chi connectivity index (χ2v) is 7.82. The monoisotopic (exact) mass is 338 g/mol. The number of hydrogen-bond donors (Lipinski definition) is 0. The first kappa shape index (κ1) is 18.4. The zero-order valence-electron chi connectivity index (χ0n) is 14.5. The highest BCUT2D eigenvalue weighted by molar-refractivity contribution is 7.60. The van der Waals surface area contributed by atoms with E-state index in [-0.39, 0.29) is 0 Å². The lowest BCUT2D eigenvalue weighted by Crippen LogP contribution is -2.16. The van der Waals surface area contributed by atoms with Crippen LogP contribution in [0.1, 0.15) is 59.7 Å². The maximum Gasteiger partial charge on any atom is 0.262 e. The first-order valence-corrected chi connectivity index (χ1v) is 9.65. The molecule has 1 aromatic rings. The quantitative estimate of drug-likeness (QED) is 0.529. The van der Waals surface area contributed by atoms with Crippen LogP contribution >= 0.6 is 8.03 Å². The minimum atomic E-state index is -2.83. The van der Waals surface area contributed by atoms with Crippen molar-refractivity contribution < 1.29 is 18.6 Å². The average molecular weight is 338 g/mol. The molecule has 0 heterocycles. The predicted molar refractivity (Wildman–Crippen MR) is 92.4 cm³/mol. The summed E-state index contributed by atoms with van der Waals surface area (Å²) in [6.07, 6.45) is 4.26. The Labute approximate surface area is 139 Å². The van der Waals surface area contributed by atoms with E-state index in [0.717, 1.165) is 16.7 Å². The molecule has 0 aliphatic heterocycles. The van der Waals surface area contributed by atoms with Crippen molar-refractivity contribution in [2.24, 2.45) is 5.92 Å². The Bertz CT molecular complexity index is 568. The first-order chi connectivity index (χ1) is 10.9. The van der Waals surface area contributed by atoms with Crippen molar-refractivity contribution in [1.29, 1.82) is 0 Å². The summed E-state index contributed by atoms with van der Waals surface area (Å²) in [4.78, 5) is 12.4. The zero-order valence-corrected chi connectivity index (χ0v) is 15.5. The molecule has 1 fully saturated rings. The number of benzene rings is 1. The second kappa shape index (κ2) is 8.23. The average Bonchev–Trinajstić information content (AvgIpc) is 2.97.